The predicted octanol–water partition coefficient (Wildman–Crippen LogP) is 0.930. The quantitative estimate of drug-likeness (QED) is 0.525. The van der Waals surface area contributed by atoms with Crippen molar-refractivity contribution in [1.29, 1.82) is 0 Å². The molecule has 6 nitrogen and oxygen atoms in total. The largest absolute Gasteiger partial charge is 0.353 e. The molecule has 0 spiro atoms. The van der Waals surface area contributed by atoms with E-state index in [2.05, 4.69) is 11.9 Å². The number of unbranched alkanes of at least 4 members (excludes halogenated alkanes) is 2. The van der Waals surface area contributed by atoms with Crippen LogP contribution in [0.5, 0.6) is 0 Å². The van der Waals surface area contributed by atoms with Crippen LogP contribution in [0.4, 0.5) is 0 Å². The maximum absolute atomic E-state index is 11.4. The van der Waals surface area contributed by atoms with Crippen LogP contribution < -0.4 is 5.32 Å². The summed E-state index contributed by atoms with van der Waals surface area (Å²) < 4.78 is 0. The van der Waals surface area contributed by atoms with Gasteiger partial charge in [-0.3, -0.25) is 9.59 Å². The first-order valence-corrected chi connectivity index (χ1v) is 6.55. The van der Waals surface area contributed by atoms with Crippen molar-refractivity contribution in [2.24, 2.45) is 0 Å². The van der Waals surface area contributed by atoms with Gasteiger partial charge in [0.2, 0.25) is 5.91 Å². The molecule has 0 aliphatic carbocycles. The lowest BCUT2D eigenvalue weighted by atomic mass is 10.2. The molecule has 1 rings (SSSR count). The molecule has 0 bridgehead atoms. The van der Waals surface area contributed by atoms with Gasteiger partial charge in [0.05, 0.1) is 6.54 Å². The summed E-state index contributed by atoms with van der Waals surface area (Å²) in [5, 5.41) is 3.80. The van der Waals surface area contributed by atoms with Crippen molar-refractivity contribution >= 4 is 17.8 Å². The first-order chi connectivity index (χ1) is 9.13. The molecule has 2 amide bonds. The average molecular weight is 268 g/mol. The summed E-state index contributed by atoms with van der Waals surface area (Å²) in [5.41, 5.74) is 0. The number of carbonyl (C=O) groups excluding carboxylic acids is 3. The van der Waals surface area contributed by atoms with Crippen LogP contribution in [0.25, 0.3) is 0 Å². The molecule has 0 aromatic rings. The molecule has 1 N–H and O–H groups in total. The van der Waals surface area contributed by atoms with Gasteiger partial charge in [-0.05, 0) is 25.3 Å². The van der Waals surface area contributed by atoms with Crippen LogP contribution in [-0.2, 0) is 19.2 Å². The zero-order chi connectivity index (χ0) is 14.1. The fourth-order valence-electron chi connectivity index (χ4n) is 1.74. The minimum atomic E-state index is -0.370. The SMILES string of the molecule is C=CC(=O)NCCCCCC(=O)ON1CCCC1=O. The zero-order valence-electron chi connectivity index (χ0n) is 11.0. The van der Waals surface area contributed by atoms with E-state index in [1.54, 1.807) is 0 Å². The van der Waals surface area contributed by atoms with E-state index in [4.69, 9.17) is 4.84 Å². The predicted molar refractivity (Wildman–Crippen MR) is 68.7 cm³/mol. The number of rotatable bonds is 8. The van der Waals surface area contributed by atoms with E-state index >= 15 is 0 Å². The van der Waals surface area contributed by atoms with Gasteiger partial charge in [0, 0.05) is 19.4 Å². The summed E-state index contributed by atoms with van der Waals surface area (Å²) >= 11 is 0. The molecule has 0 unspecified atom stereocenters. The van der Waals surface area contributed by atoms with Crippen LogP contribution in [0.3, 0.4) is 0 Å². The molecule has 0 aromatic heterocycles. The van der Waals surface area contributed by atoms with Gasteiger partial charge in [0.25, 0.3) is 5.91 Å². The van der Waals surface area contributed by atoms with E-state index in [9.17, 15) is 14.4 Å². The second kappa shape index (κ2) is 8.29. The summed E-state index contributed by atoms with van der Waals surface area (Å²) in [6.45, 7) is 4.42. The van der Waals surface area contributed by atoms with Crippen LogP contribution in [0.1, 0.15) is 38.5 Å². The monoisotopic (exact) mass is 268 g/mol. The summed E-state index contributed by atoms with van der Waals surface area (Å²) in [4.78, 5) is 38.4. The lowest BCUT2D eigenvalue weighted by Gasteiger charge is -2.14. The topological polar surface area (TPSA) is 75.7 Å². The molecule has 1 aliphatic rings. The highest BCUT2D eigenvalue weighted by Crippen LogP contribution is 2.11. The number of hydroxylamine groups is 2. The molecular weight excluding hydrogens is 248 g/mol. The maximum Gasteiger partial charge on any atom is 0.332 e. The Morgan fingerprint density at radius 1 is 1.37 bits per heavy atom. The Labute approximate surface area is 112 Å². The smallest absolute Gasteiger partial charge is 0.332 e. The third kappa shape index (κ3) is 6.03. The van der Waals surface area contributed by atoms with Crippen molar-refractivity contribution < 1.29 is 19.2 Å². The molecule has 0 aromatic carbocycles. The first-order valence-electron chi connectivity index (χ1n) is 6.55. The molecule has 1 aliphatic heterocycles. The van der Waals surface area contributed by atoms with E-state index < -0.39 is 0 Å². The third-order valence-corrected chi connectivity index (χ3v) is 2.78. The Hall–Kier alpha value is -1.85. The van der Waals surface area contributed by atoms with Gasteiger partial charge in [-0.15, -0.1) is 0 Å². The molecule has 1 heterocycles. The Bertz CT molecular complexity index is 355. The summed E-state index contributed by atoms with van der Waals surface area (Å²) in [5.74, 6) is -0.683. The van der Waals surface area contributed by atoms with Gasteiger partial charge in [0.1, 0.15) is 0 Å². The van der Waals surface area contributed by atoms with Gasteiger partial charge in [-0.1, -0.05) is 13.0 Å². The van der Waals surface area contributed by atoms with Crippen molar-refractivity contribution in [3.05, 3.63) is 12.7 Å². The minimum absolute atomic E-state index is 0.125. The van der Waals surface area contributed by atoms with E-state index in [0.717, 1.165) is 24.3 Å². The number of nitrogens with zero attached hydrogens (tertiary/aromatic N) is 1. The van der Waals surface area contributed by atoms with Gasteiger partial charge >= 0.3 is 5.97 Å². The van der Waals surface area contributed by atoms with Crippen LogP contribution >= 0.6 is 0 Å². The third-order valence-electron chi connectivity index (χ3n) is 2.78. The Kier molecular flexibility index (Phi) is 6.63. The minimum Gasteiger partial charge on any atom is -0.353 e. The molecular formula is C13H20N2O4. The van der Waals surface area contributed by atoms with E-state index in [0.29, 0.717) is 32.4 Å². The van der Waals surface area contributed by atoms with Gasteiger partial charge < -0.3 is 10.2 Å². The molecule has 106 valence electrons. The van der Waals surface area contributed by atoms with Gasteiger partial charge in [-0.2, -0.15) is 5.06 Å². The molecule has 0 saturated carbocycles. The maximum atomic E-state index is 11.4. The van der Waals surface area contributed by atoms with Crippen molar-refractivity contribution in [2.45, 2.75) is 38.5 Å². The number of hydrogen-bond acceptors (Lipinski definition) is 4. The van der Waals surface area contributed by atoms with Crippen LogP contribution in [0, 0.1) is 0 Å². The number of carbonyl (C=O) groups is 3. The Morgan fingerprint density at radius 2 is 2.16 bits per heavy atom. The van der Waals surface area contributed by atoms with Crippen molar-refractivity contribution in [3.8, 4) is 0 Å². The molecule has 0 radical (unpaired) electrons. The van der Waals surface area contributed by atoms with Crippen molar-refractivity contribution in [1.82, 2.24) is 10.4 Å². The standard InChI is InChI=1S/C13H20N2O4/c1-2-11(16)14-9-5-3-4-8-13(18)19-15-10-6-7-12(15)17/h2H,1,3-10H2,(H,14,16). The lowest BCUT2D eigenvalue weighted by molar-refractivity contribution is -0.192. The van der Waals surface area contributed by atoms with Gasteiger partial charge in [-0.25, -0.2) is 4.79 Å². The summed E-state index contributed by atoms with van der Waals surface area (Å²) in [7, 11) is 0. The average Bonchev–Trinajstić information content (AvgIpc) is 2.79. The highest BCUT2D eigenvalue weighted by atomic mass is 16.7. The van der Waals surface area contributed by atoms with Crippen molar-refractivity contribution in [2.75, 3.05) is 13.1 Å². The molecule has 19 heavy (non-hydrogen) atoms. The first kappa shape index (κ1) is 15.2. The Morgan fingerprint density at radius 3 is 2.79 bits per heavy atom. The number of nitrogens with one attached hydrogen (secondary N) is 1. The normalized spacial score (nSPS) is 14.3. The zero-order valence-corrected chi connectivity index (χ0v) is 11.0. The van der Waals surface area contributed by atoms with Crippen LogP contribution in [0.2, 0.25) is 0 Å². The second-order valence-corrected chi connectivity index (χ2v) is 4.37. The fraction of sp³-hybridized carbons (Fsp3) is 0.615. The van der Waals surface area contributed by atoms with E-state index in [-0.39, 0.29) is 17.8 Å². The number of hydrogen-bond donors (Lipinski definition) is 1. The van der Waals surface area contributed by atoms with Crippen LogP contribution in [-0.4, -0.2) is 35.9 Å². The fourth-order valence-corrected chi connectivity index (χ4v) is 1.74. The van der Waals surface area contributed by atoms with Gasteiger partial charge in [0.15, 0.2) is 0 Å². The molecule has 1 fully saturated rings. The molecule has 6 heteroatoms. The molecule has 0 atom stereocenters. The van der Waals surface area contributed by atoms with E-state index in [1.165, 1.54) is 6.08 Å². The molecule has 1 saturated heterocycles. The lowest BCUT2D eigenvalue weighted by Crippen LogP contribution is -2.28. The van der Waals surface area contributed by atoms with Crippen molar-refractivity contribution in [3.63, 3.8) is 0 Å². The highest BCUT2D eigenvalue weighted by Gasteiger charge is 2.23. The van der Waals surface area contributed by atoms with Crippen LogP contribution in [0.15, 0.2) is 12.7 Å². The number of amides is 2. The second-order valence-electron chi connectivity index (χ2n) is 4.37. The highest BCUT2D eigenvalue weighted by molar-refractivity contribution is 5.86. The Balaban J connectivity index is 2.00. The van der Waals surface area contributed by atoms with E-state index in [1.807, 2.05) is 0 Å². The summed E-state index contributed by atoms with van der Waals surface area (Å²) in [6.07, 6.45) is 5.02. The summed E-state index contributed by atoms with van der Waals surface area (Å²) in [6, 6.07) is 0.